The van der Waals surface area contributed by atoms with Gasteiger partial charge in [0.1, 0.15) is 0 Å². The number of nitrogens with one attached hydrogen (secondary N) is 1. The predicted molar refractivity (Wildman–Crippen MR) is 98.4 cm³/mol. The minimum absolute atomic E-state index is 0.130. The second-order valence-electron chi connectivity index (χ2n) is 6.97. The maximum Gasteiger partial charge on any atom is 0.354 e. The highest BCUT2D eigenvalue weighted by Crippen LogP contribution is 2.41. The second kappa shape index (κ2) is 6.68. The first-order valence-electron chi connectivity index (χ1n) is 8.89. The van der Waals surface area contributed by atoms with Crippen LogP contribution in [-0.4, -0.2) is 25.0 Å². The first-order chi connectivity index (χ1) is 12.9. The number of nitrogens with zero attached hydrogens (tertiary/aromatic N) is 4. The number of hydrogen-bond acceptors (Lipinski definition) is 4. The van der Waals surface area contributed by atoms with Crippen LogP contribution in [-0.2, 0) is 36.0 Å². The summed E-state index contributed by atoms with van der Waals surface area (Å²) in [6.45, 7) is 1.25. The number of amides is 2. The molecule has 0 spiro atoms. The molecule has 0 bridgehead atoms. The topological polar surface area (TPSA) is 115 Å². The number of nitrogens with two attached hydrogens (primary N) is 1. The monoisotopic (exact) mass is 392 g/mol. The standard InChI is InChI=1S/C17H21FN6O2S/c1-10-5-6-12-15(10)20-13-4-2-3-11(13)16(12)21-17(25)23-27(19,26)14-7-8-24(9-18)22-14/h7-8,10H,2-6,9H2,1H3,(H3,19,20,21,23,25,26)/t10-,27?/m1/s1. The molecule has 2 atom stereocenters. The molecule has 0 aliphatic heterocycles. The highest BCUT2D eigenvalue weighted by molar-refractivity contribution is 7.91. The number of fused-ring (bicyclic) bond motifs is 2. The largest absolute Gasteiger partial charge is 0.354 e. The number of rotatable bonds is 3. The summed E-state index contributed by atoms with van der Waals surface area (Å²) in [4.78, 5) is 17.3. The van der Waals surface area contributed by atoms with Gasteiger partial charge in [-0.1, -0.05) is 6.92 Å². The number of urea groups is 1. The summed E-state index contributed by atoms with van der Waals surface area (Å²) in [6, 6.07) is 0.502. The van der Waals surface area contributed by atoms with Crippen molar-refractivity contribution < 1.29 is 13.4 Å². The zero-order chi connectivity index (χ0) is 19.2. The van der Waals surface area contributed by atoms with Crippen LogP contribution in [0.1, 0.15) is 48.2 Å². The third-order valence-corrected chi connectivity index (χ3v) is 6.39. The van der Waals surface area contributed by atoms with Crippen LogP contribution in [0, 0.1) is 0 Å². The summed E-state index contributed by atoms with van der Waals surface area (Å²) >= 11 is 0. The number of alkyl halides is 1. The van der Waals surface area contributed by atoms with Crippen molar-refractivity contribution in [1.29, 1.82) is 0 Å². The Balaban J connectivity index is 1.68. The van der Waals surface area contributed by atoms with Crippen molar-refractivity contribution >= 4 is 21.6 Å². The van der Waals surface area contributed by atoms with Crippen LogP contribution in [0.15, 0.2) is 21.7 Å². The van der Waals surface area contributed by atoms with E-state index in [0.29, 0.717) is 5.92 Å². The van der Waals surface area contributed by atoms with E-state index in [9.17, 15) is 13.4 Å². The molecule has 0 fully saturated rings. The molecule has 2 aliphatic carbocycles. The lowest BCUT2D eigenvalue weighted by Gasteiger charge is -2.15. The molecule has 0 aromatic carbocycles. The van der Waals surface area contributed by atoms with Gasteiger partial charge in [-0.15, -0.1) is 4.36 Å². The van der Waals surface area contributed by atoms with Crippen LogP contribution in [0.3, 0.4) is 0 Å². The molecule has 144 valence electrons. The zero-order valence-electron chi connectivity index (χ0n) is 14.9. The Bertz CT molecular complexity index is 1040. The smallest absolute Gasteiger partial charge is 0.305 e. The Morgan fingerprint density at radius 1 is 1.44 bits per heavy atom. The fourth-order valence-corrected chi connectivity index (χ4v) is 4.68. The van der Waals surface area contributed by atoms with Crippen molar-refractivity contribution in [3.05, 3.63) is 34.8 Å². The number of carbonyl (C=O) groups excluding carboxylic acids is 1. The SMILES string of the molecule is C[C@@H]1CCc2c1nc1c(c2NC(=O)N=S(N)(=O)c2ccn(CF)n2)CCC1. The molecule has 4 rings (SSSR count). The number of hydrogen-bond donors (Lipinski definition) is 2. The van der Waals surface area contributed by atoms with Gasteiger partial charge >= 0.3 is 6.03 Å². The van der Waals surface area contributed by atoms with Gasteiger partial charge < -0.3 is 5.32 Å². The molecule has 3 N–H and O–H groups in total. The number of halogens is 1. The molecule has 2 aromatic rings. The van der Waals surface area contributed by atoms with E-state index in [1.807, 2.05) is 0 Å². The summed E-state index contributed by atoms with van der Waals surface area (Å²) in [6.07, 6.45) is 5.85. The number of pyridine rings is 1. The summed E-state index contributed by atoms with van der Waals surface area (Å²) in [5.74, 6) is 0.349. The van der Waals surface area contributed by atoms with Crippen molar-refractivity contribution in [3.63, 3.8) is 0 Å². The van der Waals surface area contributed by atoms with Crippen LogP contribution in [0.4, 0.5) is 14.9 Å². The van der Waals surface area contributed by atoms with E-state index in [4.69, 9.17) is 10.1 Å². The van der Waals surface area contributed by atoms with Gasteiger partial charge in [0.25, 0.3) is 0 Å². The van der Waals surface area contributed by atoms with E-state index in [0.717, 1.165) is 65.0 Å². The summed E-state index contributed by atoms with van der Waals surface area (Å²) in [5.41, 5.74) is 4.87. The number of aryl methyl sites for hydroxylation is 1. The molecule has 10 heteroatoms. The maximum atomic E-state index is 12.6. The third kappa shape index (κ3) is 3.23. The Morgan fingerprint density at radius 3 is 3.00 bits per heavy atom. The van der Waals surface area contributed by atoms with E-state index >= 15 is 0 Å². The lowest BCUT2D eigenvalue weighted by atomic mass is 10.0. The number of carbonyl (C=O) groups is 1. The first-order valence-corrected chi connectivity index (χ1v) is 10.5. The van der Waals surface area contributed by atoms with Crippen LogP contribution >= 0.6 is 0 Å². The Hall–Kier alpha value is -2.33. The number of anilines is 1. The van der Waals surface area contributed by atoms with E-state index in [-0.39, 0.29) is 5.03 Å². The van der Waals surface area contributed by atoms with Crippen LogP contribution < -0.4 is 10.5 Å². The van der Waals surface area contributed by atoms with Crippen LogP contribution in [0.5, 0.6) is 0 Å². The summed E-state index contributed by atoms with van der Waals surface area (Å²) < 4.78 is 29.7. The lowest BCUT2D eigenvalue weighted by molar-refractivity contribution is 0.260. The van der Waals surface area contributed by atoms with Crippen molar-refractivity contribution in [1.82, 2.24) is 14.8 Å². The van der Waals surface area contributed by atoms with Gasteiger partial charge in [0.2, 0.25) is 0 Å². The van der Waals surface area contributed by atoms with Crippen molar-refractivity contribution in [2.24, 2.45) is 9.50 Å². The second-order valence-corrected chi connectivity index (χ2v) is 8.71. The summed E-state index contributed by atoms with van der Waals surface area (Å²) in [5, 5.41) is 12.1. The average Bonchev–Trinajstić information content (AvgIpc) is 3.34. The van der Waals surface area contributed by atoms with Crippen LogP contribution in [0.2, 0.25) is 0 Å². The minimum atomic E-state index is -3.56. The highest BCUT2D eigenvalue weighted by Gasteiger charge is 2.30. The quantitative estimate of drug-likeness (QED) is 0.835. The molecule has 27 heavy (non-hydrogen) atoms. The predicted octanol–water partition coefficient (Wildman–Crippen LogP) is 2.68. The molecule has 1 unspecified atom stereocenters. The van der Waals surface area contributed by atoms with E-state index in [1.165, 1.54) is 12.3 Å². The molecule has 0 radical (unpaired) electrons. The normalized spacial score (nSPS) is 20.0. The fraction of sp³-hybridized carbons (Fsp3) is 0.471. The lowest BCUT2D eigenvalue weighted by Crippen LogP contribution is -2.19. The van der Waals surface area contributed by atoms with Crippen molar-refractivity contribution in [2.45, 2.75) is 56.8 Å². The Kier molecular flexibility index (Phi) is 4.47. The summed E-state index contributed by atoms with van der Waals surface area (Å²) in [7, 11) is -3.56. The van der Waals surface area contributed by atoms with Gasteiger partial charge in [-0.25, -0.2) is 23.2 Å². The van der Waals surface area contributed by atoms with E-state index in [1.54, 1.807) is 0 Å². The van der Waals surface area contributed by atoms with E-state index < -0.39 is 22.7 Å². The van der Waals surface area contributed by atoms with Gasteiger partial charge in [-0.2, -0.15) is 5.10 Å². The minimum Gasteiger partial charge on any atom is -0.305 e. The van der Waals surface area contributed by atoms with Gasteiger partial charge in [0, 0.05) is 17.6 Å². The zero-order valence-corrected chi connectivity index (χ0v) is 15.8. The van der Waals surface area contributed by atoms with Crippen LogP contribution in [0.25, 0.3) is 0 Å². The Morgan fingerprint density at radius 2 is 2.26 bits per heavy atom. The first kappa shape index (κ1) is 18.1. The Labute approximate surface area is 156 Å². The molecule has 2 aliphatic rings. The molecule has 2 aromatic heterocycles. The van der Waals surface area contributed by atoms with Gasteiger partial charge in [0.05, 0.1) is 5.69 Å². The molecule has 0 saturated carbocycles. The molecule has 0 saturated heterocycles. The highest BCUT2D eigenvalue weighted by atomic mass is 32.2. The third-order valence-electron chi connectivity index (χ3n) is 5.14. The van der Waals surface area contributed by atoms with Gasteiger partial charge in [0.15, 0.2) is 21.7 Å². The van der Waals surface area contributed by atoms with Crippen molar-refractivity contribution in [3.8, 4) is 0 Å². The molecule has 2 amide bonds. The van der Waals surface area contributed by atoms with Crippen molar-refractivity contribution in [2.75, 3.05) is 5.32 Å². The molecular weight excluding hydrogens is 371 g/mol. The molecule has 2 heterocycles. The average molecular weight is 392 g/mol. The van der Waals surface area contributed by atoms with Gasteiger partial charge in [-0.05, 0) is 55.2 Å². The fourth-order valence-electron chi connectivity index (χ4n) is 3.82. The maximum absolute atomic E-state index is 12.6. The number of aromatic nitrogens is 3. The van der Waals surface area contributed by atoms with E-state index in [2.05, 4.69) is 21.7 Å². The van der Waals surface area contributed by atoms with Gasteiger partial charge in [-0.3, -0.25) is 4.98 Å². The molecule has 8 nitrogen and oxygen atoms in total. The molecular formula is C17H21FN6O2S.